The number of hydrogen-bond acceptors (Lipinski definition) is 4. The molecule has 1 aliphatic rings. The van der Waals surface area contributed by atoms with Crippen molar-refractivity contribution in [2.75, 3.05) is 17.6 Å². The lowest BCUT2D eigenvalue weighted by molar-refractivity contribution is 0.541. The molecule has 0 bridgehead atoms. The fraction of sp³-hybridized carbons (Fsp3) is 0.714. The molecule has 1 N–H and O–H groups in total. The van der Waals surface area contributed by atoms with Gasteiger partial charge in [0, 0.05) is 18.3 Å². The summed E-state index contributed by atoms with van der Waals surface area (Å²) in [6.07, 6.45) is 7.71. The van der Waals surface area contributed by atoms with Crippen LogP contribution in [0.5, 0.6) is 0 Å². The standard InChI is InChI=1S/C14H22BrN3OS/c1-2-3-7-18-14(19)13(15)12(10-17-18)16-9-11-6-4-5-8-20-11/h10-11,16H,2-9H2,1H3. The Labute approximate surface area is 132 Å². The molecule has 2 heterocycles. The zero-order chi connectivity index (χ0) is 14.4. The van der Waals surface area contributed by atoms with Crippen LogP contribution in [0.1, 0.15) is 39.0 Å². The van der Waals surface area contributed by atoms with E-state index < -0.39 is 0 Å². The summed E-state index contributed by atoms with van der Waals surface area (Å²) >= 11 is 5.43. The number of aryl methyl sites for hydroxylation is 1. The highest BCUT2D eigenvalue weighted by Gasteiger charge is 2.15. The van der Waals surface area contributed by atoms with E-state index in [2.05, 4.69) is 33.3 Å². The largest absolute Gasteiger partial charge is 0.382 e. The number of unbranched alkanes of at least 4 members (excludes halogenated alkanes) is 1. The van der Waals surface area contributed by atoms with Crippen LogP contribution in [0.4, 0.5) is 5.69 Å². The van der Waals surface area contributed by atoms with Crippen LogP contribution < -0.4 is 10.9 Å². The molecule has 1 unspecified atom stereocenters. The summed E-state index contributed by atoms with van der Waals surface area (Å²) in [5, 5.41) is 8.26. The molecule has 1 fully saturated rings. The first kappa shape index (κ1) is 15.9. The van der Waals surface area contributed by atoms with Crippen molar-refractivity contribution in [3.05, 3.63) is 21.0 Å². The SMILES string of the molecule is CCCCn1ncc(NCC2CCCCS2)c(Br)c1=O. The normalized spacial score (nSPS) is 19.0. The molecular formula is C14H22BrN3OS. The van der Waals surface area contributed by atoms with Crippen LogP contribution in [-0.2, 0) is 6.54 Å². The number of hydrogen-bond donors (Lipinski definition) is 1. The van der Waals surface area contributed by atoms with Crippen LogP contribution in [0.2, 0.25) is 0 Å². The summed E-state index contributed by atoms with van der Waals surface area (Å²) in [6, 6.07) is 0. The summed E-state index contributed by atoms with van der Waals surface area (Å²) < 4.78 is 2.14. The van der Waals surface area contributed by atoms with Gasteiger partial charge >= 0.3 is 0 Å². The van der Waals surface area contributed by atoms with Crippen molar-refractivity contribution in [1.82, 2.24) is 9.78 Å². The van der Waals surface area contributed by atoms with E-state index in [1.807, 2.05) is 11.8 Å². The number of rotatable bonds is 6. The number of nitrogens with zero attached hydrogens (tertiary/aromatic N) is 2. The molecule has 4 nitrogen and oxygen atoms in total. The van der Waals surface area contributed by atoms with Crippen molar-refractivity contribution in [3.63, 3.8) is 0 Å². The smallest absolute Gasteiger partial charge is 0.283 e. The Kier molecular flexibility index (Phi) is 6.42. The van der Waals surface area contributed by atoms with Crippen LogP contribution in [0.15, 0.2) is 15.5 Å². The first-order valence-electron chi connectivity index (χ1n) is 7.33. The molecule has 0 aliphatic carbocycles. The lowest BCUT2D eigenvalue weighted by Crippen LogP contribution is -2.26. The maximum atomic E-state index is 12.2. The van der Waals surface area contributed by atoms with E-state index in [1.165, 1.54) is 29.7 Å². The van der Waals surface area contributed by atoms with Gasteiger partial charge in [-0.1, -0.05) is 19.8 Å². The molecule has 2 rings (SSSR count). The molecule has 1 aromatic rings. The predicted molar refractivity (Wildman–Crippen MR) is 89.7 cm³/mol. The number of nitrogens with one attached hydrogen (secondary N) is 1. The highest BCUT2D eigenvalue weighted by atomic mass is 79.9. The minimum Gasteiger partial charge on any atom is -0.382 e. The van der Waals surface area contributed by atoms with Crippen LogP contribution >= 0.6 is 27.7 Å². The summed E-state index contributed by atoms with van der Waals surface area (Å²) in [5.74, 6) is 1.25. The van der Waals surface area contributed by atoms with Crippen molar-refractivity contribution in [1.29, 1.82) is 0 Å². The average Bonchev–Trinajstić information content (AvgIpc) is 2.49. The van der Waals surface area contributed by atoms with Crippen LogP contribution in [0, 0.1) is 0 Å². The predicted octanol–water partition coefficient (Wildman–Crippen LogP) is 3.50. The highest BCUT2D eigenvalue weighted by Crippen LogP contribution is 2.26. The minimum atomic E-state index is -0.0419. The lowest BCUT2D eigenvalue weighted by atomic mass is 10.2. The Morgan fingerprint density at radius 3 is 3.10 bits per heavy atom. The van der Waals surface area contributed by atoms with Crippen molar-refractivity contribution in [3.8, 4) is 0 Å². The fourth-order valence-electron chi connectivity index (χ4n) is 2.25. The molecule has 0 spiro atoms. The van der Waals surface area contributed by atoms with Crippen molar-refractivity contribution in [2.45, 2.75) is 50.8 Å². The second-order valence-corrected chi connectivity index (χ2v) is 7.32. The zero-order valence-corrected chi connectivity index (χ0v) is 14.3. The van der Waals surface area contributed by atoms with Gasteiger partial charge < -0.3 is 5.32 Å². The Bertz CT molecular complexity index is 486. The van der Waals surface area contributed by atoms with Gasteiger partial charge in [0.2, 0.25) is 0 Å². The molecule has 1 aromatic heterocycles. The van der Waals surface area contributed by atoms with Gasteiger partial charge in [-0.3, -0.25) is 4.79 Å². The molecule has 20 heavy (non-hydrogen) atoms. The third kappa shape index (κ3) is 4.25. The average molecular weight is 360 g/mol. The third-order valence-electron chi connectivity index (χ3n) is 3.50. The topological polar surface area (TPSA) is 46.9 Å². The van der Waals surface area contributed by atoms with Gasteiger partial charge in [-0.15, -0.1) is 0 Å². The summed E-state index contributed by atoms with van der Waals surface area (Å²) in [4.78, 5) is 12.2. The quantitative estimate of drug-likeness (QED) is 0.844. The van der Waals surface area contributed by atoms with Crippen LogP contribution in [-0.4, -0.2) is 27.3 Å². The first-order chi connectivity index (χ1) is 9.72. The number of halogens is 1. The van der Waals surface area contributed by atoms with Gasteiger partial charge in [-0.2, -0.15) is 16.9 Å². The Hall–Kier alpha value is -0.490. The number of aromatic nitrogens is 2. The van der Waals surface area contributed by atoms with Crippen molar-refractivity contribution < 1.29 is 0 Å². The van der Waals surface area contributed by atoms with Gasteiger partial charge in [0.25, 0.3) is 5.56 Å². The highest BCUT2D eigenvalue weighted by molar-refractivity contribution is 9.10. The molecular weight excluding hydrogens is 338 g/mol. The second kappa shape index (κ2) is 8.08. The van der Waals surface area contributed by atoms with E-state index in [0.717, 1.165) is 25.1 Å². The number of thioether (sulfide) groups is 1. The van der Waals surface area contributed by atoms with Gasteiger partial charge in [-0.05, 0) is 40.9 Å². The maximum absolute atomic E-state index is 12.2. The van der Waals surface area contributed by atoms with Gasteiger partial charge in [-0.25, -0.2) is 4.68 Å². The summed E-state index contributed by atoms with van der Waals surface area (Å²) in [5.41, 5.74) is 0.772. The molecule has 0 aromatic carbocycles. The van der Waals surface area contributed by atoms with Crippen molar-refractivity contribution >= 4 is 33.4 Å². The molecule has 0 amide bonds. The lowest BCUT2D eigenvalue weighted by Gasteiger charge is -2.22. The Balaban J connectivity index is 1.97. The minimum absolute atomic E-state index is 0.0419. The van der Waals surface area contributed by atoms with E-state index in [1.54, 1.807) is 6.20 Å². The van der Waals surface area contributed by atoms with E-state index in [0.29, 0.717) is 16.3 Å². The molecule has 0 radical (unpaired) electrons. The van der Waals surface area contributed by atoms with Gasteiger partial charge in [0.05, 0.1) is 11.9 Å². The summed E-state index contributed by atoms with van der Waals surface area (Å²) in [7, 11) is 0. The van der Waals surface area contributed by atoms with Gasteiger partial charge in [0.15, 0.2) is 0 Å². The first-order valence-corrected chi connectivity index (χ1v) is 9.17. The fourth-order valence-corrected chi connectivity index (χ4v) is 3.93. The van der Waals surface area contributed by atoms with E-state index in [-0.39, 0.29) is 5.56 Å². The Morgan fingerprint density at radius 2 is 2.40 bits per heavy atom. The molecule has 1 aliphatic heterocycles. The molecule has 1 saturated heterocycles. The van der Waals surface area contributed by atoms with E-state index >= 15 is 0 Å². The third-order valence-corrected chi connectivity index (χ3v) is 5.67. The molecule has 6 heteroatoms. The zero-order valence-electron chi connectivity index (χ0n) is 11.9. The van der Waals surface area contributed by atoms with Gasteiger partial charge in [0.1, 0.15) is 4.47 Å². The monoisotopic (exact) mass is 359 g/mol. The summed E-state index contributed by atoms with van der Waals surface area (Å²) in [6.45, 7) is 3.70. The molecule has 1 atom stereocenters. The van der Waals surface area contributed by atoms with Crippen LogP contribution in [0.3, 0.4) is 0 Å². The van der Waals surface area contributed by atoms with Crippen molar-refractivity contribution in [2.24, 2.45) is 0 Å². The number of anilines is 1. The maximum Gasteiger partial charge on any atom is 0.283 e. The van der Waals surface area contributed by atoms with Crippen LogP contribution in [0.25, 0.3) is 0 Å². The second-order valence-electron chi connectivity index (χ2n) is 5.12. The van der Waals surface area contributed by atoms with E-state index in [9.17, 15) is 4.79 Å². The molecule has 112 valence electrons. The molecule has 0 saturated carbocycles. The van der Waals surface area contributed by atoms with E-state index in [4.69, 9.17) is 0 Å². The Morgan fingerprint density at radius 1 is 1.55 bits per heavy atom.